The molecule has 1 aliphatic heterocycles. The zero-order chi connectivity index (χ0) is 25.9. The van der Waals surface area contributed by atoms with Crippen molar-refractivity contribution in [2.75, 3.05) is 14.2 Å². The van der Waals surface area contributed by atoms with Gasteiger partial charge in [0.2, 0.25) is 5.88 Å². The summed E-state index contributed by atoms with van der Waals surface area (Å²) in [5, 5.41) is 0. The Labute approximate surface area is 222 Å². The van der Waals surface area contributed by atoms with E-state index in [1.165, 1.54) is 22.5 Å². The number of aromatic nitrogens is 2. The molecule has 0 aliphatic carbocycles. The molecule has 0 saturated carbocycles. The van der Waals surface area contributed by atoms with Gasteiger partial charge in [-0.3, -0.25) is 18.9 Å². The van der Waals surface area contributed by atoms with Crippen LogP contribution in [0.25, 0.3) is 11.7 Å². The molecule has 37 heavy (non-hydrogen) atoms. The number of ether oxygens (including phenoxy) is 3. The van der Waals surface area contributed by atoms with Gasteiger partial charge in [-0.2, -0.15) is 4.98 Å². The quantitative estimate of drug-likeness (QED) is 0.246. The summed E-state index contributed by atoms with van der Waals surface area (Å²) in [5.74, 6) is 1.35. The van der Waals surface area contributed by atoms with Crippen LogP contribution in [0.15, 0.2) is 82.6 Å². The Kier molecular flexibility index (Phi) is 6.93. The maximum absolute atomic E-state index is 13.5. The summed E-state index contributed by atoms with van der Waals surface area (Å²) in [6.45, 7) is 0.297. The summed E-state index contributed by atoms with van der Waals surface area (Å²) < 4.78 is 18.4. The lowest BCUT2D eigenvalue weighted by atomic mass is 10.2. The Morgan fingerprint density at radius 2 is 1.68 bits per heavy atom. The van der Waals surface area contributed by atoms with Crippen LogP contribution in [0, 0.1) is 0 Å². The molecule has 10 heteroatoms. The molecule has 0 atom stereocenters. The number of thioether (sulfide) groups is 1. The Morgan fingerprint density at radius 3 is 2.41 bits per heavy atom. The number of nitrogens with zero attached hydrogens (tertiary/aromatic N) is 3. The van der Waals surface area contributed by atoms with E-state index in [9.17, 15) is 9.59 Å². The summed E-state index contributed by atoms with van der Waals surface area (Å²) in [6.07, 6.45) is 3.11. The van der Waals surface area contributed by atoms with Crippen LogP contribution in [-0.4, -0.2) is 38.7 Å². The van der Waals surface area contributed by atoms with Crippen LogP contribution < -0.4 is 19.8 Å². The molecule has 0 spiro atoms. The Balaban J connectivity index is 1.54. The van der Waals surface area contributed by atoms with Crippen molar-refractivity contribution in [2.24, 2.45) is 0 Å². The van der Waals surface area contributed by atoms with Gasteiger partial charge in [-0.25, -0.2) is 0 Å². The molecule has 8 nitrogen and oxygen atoms in total. The molecule has 1 amide bonds. The zero-order valence-corrected chi connectivity index (χ0v) is 21.5. The molecule has 4 aromatic rings. The van der Waals surface area contributed by atoms with Crippen molar-refractivity contribution >= 4 is 45.9 Å². The fraction of sp³-hybridized carbons (Fsp3) is 0.111. The van der Waals surface area contributed by atoms with Crippen molar-refractivity contribution in [3.63, 3.8) is 0 Å². The van der Waals surface area contributed by atoms with Crippen LogP contribution in [0.3, 0.4) is 0 Å². The minimum Gasteiger partial charge on any atom is -0.497 e. The smallest absolute Gasteiger partial charge is 0.269 e. The van der Waals surface area contributed by atoms with Crippen LogP contribution in [0.4, 0.5) is 0 Å². The third kappa shape index (κ3) is 4.93. The van der Waals surface area contributed by atoms with Gasteiger partial charge in [0, 0.05) is 6.20 Å². The minimum absolute atomic E-state index is 0.0566. The second kappa shape index (κ2) is 10.5. The number of hydrogen-bond donors (Lipinski definition) is 0. The standard InChI is InChI=1S/C27H21N3O5S2/c1-33-18-12-10-17(11-13-18)16-30-26(32)22(37-27(30)36)15-19-24(35-21-8-4-3-7-20(21)34-2)28-23-9-5-6-14-29(23)25(19)31/h3-15H,16H2,1-2H3/b22-15+. The van der Waals surface area contributed by atoms with Gasteiger partial charge < -0.3 is 14.2 Å². The SMILES string of the molecule is COc1ccc(CN2C(=O)/C(=C\c3c(Oc4ccccc4OC)nc4ccccn4c3=O)SC2=S)cc1. The highest BCUT2D eigenvalue weighted by Gasteiger charge is 2.33. The number of benzene rings is 2. The summed E-state index contributed by atoms with van der Waals surface area (Å²) in [7, 11) is 3.12. The van der Waals surface area contributed by atoms with Gasteiger partial charge in [-0.05, 0) is 48.0 Å². The van der Waals surface area contributed by atoms with Gasteiger partial charge in [0.15, 0.2) is 11.5 Å². The van der Waals surface area contributed by atoms with E-state index in [0.29, 0.717) is 32.9 Å². The first-order valence-electron chi connectivity index (χ1n) is 11.2. The van der Waals surface area contributed by atoms with Gasteiger partial charge in [-0.15, -0.1) is 0 Å². The van der Waals surface area contributed by atoms with Gasteiger partial charge in [-0.1, -0.05) is 54.3 Å². The lowest BCUT2D eigenvalue weighted by Gasteiger charge is -2.15. The molecule has 0 unspecified atom stereocenters. The van der Waals surface area contributed by atoms with Crippen LogP contribution in [0.1, 0.15) is 11.1 Å². The van der Waals surface area contributed by atoms with Crippen LogP contribution in [0.5, 0.6) is 23.1 Å². The Morgan fingerprint density at radius 1 is 0.946 bits per heavy atom. The van der Waals surface area contributed by atoms with E-state index < -0.39 is 0 Å². The predicted molar refractivity (Wildman–Crippen MR) is 146 cm³/mol. The molecule has 0 bridgehead atoms. The molecule has 2 aromatic heterocycles. The van der Waals surface area contributed by atoms with E-state index in [1.807, 2.05) is 30.3 Å². The molecule has 1 saturated heterocycles. The van der Waals surface area contributed by atoms with E-state index >= 15 is 0 Å². The number of hydrogen-bond acceptors (Lipinski definition) is 8. The second-order valence-corrected chi connectivity index (χ2v) is 9.61. The van der Waals surface area contributed by atoms with Crippen LogP contribution >= 0.6 is 24.0 Å². The number of fused-ring (bicyclic) bond motifs is 1. The lowest BCUT2D eigenvalue weighted by Crippen LogP contribution is -2.27. The Hall–Kier alpha value is -4.15. The summed E-state index contributed by atoms with van der Waals surface area (Å²) in [6, 6.07) is 19.7. The van der Waals surface area contributed by atoms with Crippen molar-refractivity contribution in [3.05, 3.63) is 99.3 Å². The molecule has 2 aromatic carbocycles. The van der Waals surface area contributed by atoms with E-state index in [2.05, 4.69) is 4.98 Å². The molecular weight excluding hydrogens is 510 g/mol. The molecule has 186 valence electrons. The molecule has 0 radical (unpaired) electrons. The number of methoxy groups -OCH3 is 2. The average Bonchev–Trinajstić information content (AvgIpc) is 3.19. The monoisotopic (exact) mass is 531 g/mol. The first-order valence-corrected chi connectivity index (χ1v) is 12.4. The van der Waals surface area contributed by atoms with E-state index in [0.717, 1.165) is 23.1 Å². The third-order valence-electron chi connectivity index (χ3n) is 5.66. The van der Waals surface area contributed by atoms with Crippen molar-refractivity contribution in [1.29, 1.82) is 0 Å². The van der Waals surface area contributed by atoms with Gasteiger partial charge >= 0.3 is 0 Å². The van der Waals surface area contributed by atoms with E-state index in [-0.39, 0.29) is 22.9 Å². The van der Waals surface area contributed by atoms with E-state index in [1.54, 1.807) is 49.7 Å². The number of carbonyl (C=O) groups is 1. The first-order chi connectivity index (χ1) is 18.0. The molecule has 0 N–H and O–H groups in total. The zero-order valence-electron chi connectivity index (χ0n) is 19.9. The Bertz CT molecular complexity index is 1600. The summed E-state index contributed by atoms with van der Waals surface area (Å²) >= 11 is 6.62. The highest BCUT2D eigenvalue weighted by molar-refractivity contribution is 8.26. The number of thiocarbonyl (C=S) groups is 1. The number of amides is 1. The second-order valence-electron chi connectivity index (χ2n) is 7.93. The highest BCUT2D eigenvalue weighted by atomic mass is 32.2. The highest BCUT2D eigenvalue weighted by Crippen LogP contribution is 2.36. The maximum atomic E-state index is 13.5. The predicted octanol–water partition coefficient (Wildman–Crippen LogP) is 4.91. The molecule has 1 aliphatic rings. The van der Waals surface area contributed by atoms with Crippen molar-refractivity contribution in [2.45, 2.75) is 6.54 Å². The van der Waals surface area contributed by atoms with Crippen LogP contribution in [-0.2, 0) is 11.3 Å². The van der Waals surface area contributed by atoms with Gasteiger partial charge in [0.1, 0.15) is 21.3 Å². The normalized spacial score (nSPS) is 14.4. The number of rotatable bonds is 7. The molecular formula is C27H21N3O5S2. The fourth-order valence-corrected chi connectivity index (χ4v) is 5.01. The van der Waals surface area contributed by atoms with Gasteiger partial charge in [0.25, 0.3) is 11.5 Å². The third-order valence-corrected chi connectivity index (χ3v) is 7.04. The lowest BCUT2D eigenvalue weighted by molar-refractivity contribution is -0.122. The van der Waals surface area contributed by atoms with Gasteiger partial charge in [0.05, 0.1) is 25.7 Å². The maximum Gasteiger partial charge on any atom is 0.269 e. The molecule has 3 heterocycles. The summed E-state index contributed by atoms with van der Waals surface area (Å²) in [5.41, 5.74) is 1.04. The van der Waals surface area contributed by atoms with E-state index in [4.69, 9.17) is 26.4 Å². The van der Waals surface area contributed by atoms with Crippen molar-refractivity contribution in [1.82, 2.24) is 14.3 Å². The van der Waals surface area contributed by atoms with Crippen molar-refractivity contribution in [3.8, 4) is 23.1 Å². The largest absolute Gasteiger partial charge is 0.497 e. The summed E-state index contributed by atoms with van der Waals surface area (Å²) in [4.78, 5) is 33.2. The number of carbonyl (C=O) groups excluding carboxylic acids is 1. The van der Waals surface area contributed by atoms with Crippen LogP contribution in [0.2, 0.25) is 0 Å². The molecule has 1 fully saturated rings. The average molecular weight is 532 g/mol. The van der Waals surface area contributed by atoms with Crippen molar-refractivity contribution < 1.29 is 19.0 Å². The number of pyridine rings is 1. The number of para-hydroxylation sites is 2. The minimum atomic E-state index is -0.379. The first kappa shape index (κ1) is 24.5. The topological polar surface area (TPSA) is 82.4 Å². The molecule has 5 rings (SSSR count). The fourth-order valence-electron chi connectivity index (χ4n) is 3.77.